The molecule has 0 aliphatic carbocycles. The van der Waals surface area contributed by atoms with Gasteiger partial charge in [-0.3, -0.25) is 0 Å². The Hall–Kier alpha value is -1.06. The van der Waals surface area contributed by atoms with Gasteiger partial charge >= 0.3 is 0 Å². The maximum absolute atomic E-state index is 10.4. The molecule has 18 heavy (non-hydrogen) atoms. The molecule has 0 aliphatic heterocycles. The minimum atomic E-state index is -1.02. The van der Waals surface area contributed by atoms with Gasteiger partial charge in [-0.15, -0.1) is 0 Å². The molecule has 0 heterocycles. The van der Waals surface area contributed by atoms with Crippen molar-refractivity contribution in [3.05, 3.63) is 29.3 Å². The molecule has 1 rings (SSSR count). The predicted octanol–water partition coefficient (Wildman–Crippen LogP) is 2.92. The van der Waals surface area contributed by atoms with Crippen LogP contribution in [0.1, 0.15) is 51.2 Å². The maximum atomic E-state index is 10.4. The first-order chi connectivity index (χ1) is 8.36. The Morgan fingerprint density at radius 2 is 1.94 bits per heavy atom. The molecule has 0 unspecified atom stereocenters. The van der Waals surface area contributed by atoms with Gasteiger partial charge in [0.25, 0.3) is 0 Å². The molecule has 3 N–H and O–H groups in total. The van der Waals surface area contributed by atoms with Gasteiger partial charge in [0.1, 0.15) is 5.75 Å². The van der Waals surface area contributed by atoms with Crippen LogP contribution in [-0.2, 0) is 12.2 Å². The number of aliphatic hydroxyl groups excluding tert-OH is 1. The highest BCUT2D eigenvalue weighted by atomic mass is 16.3. The highest BCUT2D eigenvalue weighted by Gasteiger charge is 2.25. The van der Waals surface area contributed by atoms with E-state index in [4.69, 9.17) is 5.11 Å². The van der Waals surface area contributed by atoms with E-state index in [-0.39, 0.29) is 12.4 Å². The van der Waals surface area contributed by atoms with Crippen LogP contribution in [0, 0.1) is 5.92 Å². The Labute approximate surface area is 109 Å². The van der Waals surface area contributed by atoms with Gasteiger partial charge in [0.15, 0.2) is 0 Å². The summed E-state index contributed by atoms with van der Waals surface area (Å²) < 4.78 is 0. The second-order valence-corrected chi connectivity index (χ2v) is 5.57. The van der Waals surface area contributed by atoms with Crippen molar-refractivity contribution in [2.45, 2.75) is 52.2 Å². The van der Waals surface area contributed by atoms with Crippen LogP contribution in [0.3, 0.4) is 0 Å². The molecule has 0 spiro atoms. The summed E-state index contributed by atoms with van der Waals surface area (Å²) in [6.07, 6.45) is 2.61. The summed E-state index contributed by atoms with van der Waals surface area (Å²) in [6, 6.07) is 4.93. The zero-order valence-corrected chi connectivity index (χ0v) is 11.5. The summed E-state index contributed by atoms with van der Waals surface area (Å²) in [5, 5.41) is 29.3. The highest BCUT2D eigenvalue weighted by molar-refractivity contribution is 5.39. The summed E-state index contributed by atoms with van der Waals surface area (Å²) >= 11 is 0. The lowest BCUT2D eigenvalue weighted by Gasteiger charge is -2.25. The third-order valence-electron chi connectivity index (χ3n) is 3.27. The van der Waals surface area contributed by atoms with Crippen molar-refractivity contribution >= 4 is 0 Å². The highest BCUT2D eigenvalue weighted by Crippen LogP contribution is 2.34. The number of rotatable bonds is 6. The number of aromatic hydroxyl groups is 1. The Kier molecular flexibility index (Phi) is 5.17. The fourth-order valence-electron chi connectivity index (χ4n) is 2.12. The molecule has 0 radical (unpaired) electrons. The molecule has 0 saturated heterocycles. The number of hydrogen-bond donors (Lipinski definition) is 3. The van der Waals surface area contributed by atoms with E-state index in [9.17, 15) is 10.2 Å². The van der Waals surface area contributed by atoms with Crippen molar-refractivity contribution < 1.29 is 15.3 Å². The molecule has 3 heteroatoms. The lowest BCUT2D eigenvalue weighted by molar-refractivity contribution is 0.0417. The van der Waals surface area contributed by atoms with Gasteiger partial charge < -0.3 is 15.3 Å². The summed E-state index contributed by atoms with van der Waals surface area (Å²) in [5.41, 5.74) is 0.158. The third kappa shape index (κ3) is 4.00. The molecule has 1 atom stereocenters. The zero-order chi connectivity index (χ0) is 13.8. The van der Waals surface area contributed by atoms with Gasteiger partial charge in [0, 0.05) is 5.56 Å². The molecule has 0 amide bonds. The van der Waals surface area contributed by atoms with Gasteiger partial charge in [-0.1, -0.05) is 32.4 Å². The maximum Gasteiger partial charge on any atom is 0.122 e. The van der Waals surface area contributed by atoms with E-state index < -0.39 is 5.60 Å². The molecule has 1 aromatic rings. The molecular weight excluding hydrogens is 228 g/mol. The van der Waals surface area contributed by atoms with Crippen LogP contribution < -0.4 is 0 Å². The normalized spacial score (nSPS) is 14.8. The van der Waals surface area contributed by atoms with E-state index in [1.54, 1.807) is 19.1 Å². The lowest BCUT2D eigenvalue weighted by Crippen LogP contribution is -2.21. The van der Waals surface area contributed by atoms with Crippen molar-refractivity contribution in [1.82, 2.24) is 0 Å². The fraction of sp³-hybridized carbons (Fsp3) is 0.600. The van der Waals surface area contributed by atoms with Crippen molar-refractivity contribution in [2.24, 2.45) is 5.92 Å². The number of phenols is 1. The first-order valence-electron chi connectivity index (χ1n) is 6.52. The molecule has 0 fully saturated rings. The SMILES string of the molecule is CC(C)CCC[C@](C)(O)c1ccc(CO)cc1O. The molecular formula is C15H24O3. The van der Waals surface area contributed by atoms with Crippen LogP contribution in [0.5, 0.6) is 5.75 Å². The van der Waals surface area contributed by atoms with Crippen molar-refractivity contribution in [3.63, 3.8) is 0 Å². The molecule has 0 saturated carbocycles. The summed E-state index contributed by atoms with van der Waals surface area (Å²) in [7, 11) is 0. The van der Waals surface area contributed by atoms with E-state index in [1.807, 2.05) is 0 Å². The Morgan fingerprint density at radius 1 is 1.28 bits per heavy atom. The topological polar surface area (TPSA) is 60.7 Å². The molecule has 3 nitrogen and oxygen atoms in total. The largest absolute Gasteiger partial charge is 0.508 e. The van der Waals surface area contributed by atoms with Crippen LogP contribution in [0.2, 0.25) is 0 Å². The van der Waals surface area contributed by atoms with Gasteiger partial charge in [-0.05, 0) is 37.3 Å². The van der Waals surface area contributed by atoms with Crippen LogP contribution in [0.4, 0.5) is 0 Å². The molecule has 1 aromatic carbocycles. The second-order valence-electron chi connectivity index (χ2n) is 5.57. The van der Waals surface area contributed by atoms with E-state index in [1.165, 1.54) is 6.07 Å². The zero-order valence-electron chi connectivity index (χ0n) is 11.5. The van der Waals surface area contributed by atoms with E-state index in [0.717, 1.165) is 12.8 Å². The number of hydrogen-bond acceptors (Lipinski definition) is 3. The van der Waals surface area contributed by atoms with E-state index in [0.29, 0.717) is 23.5 Å². The monoisotopic (exact) mass is 252 g/mol. The second kappa shape index (κ2) is 6.21. The summed E-state index contributed by atoms with van der Waals surface area (Å²) in [5.74, 6) is 0.669. The van der Waals surface area contributed by atoms with Gasteiger partial charge in [-0.25, -0.2) is 0 Å². The van der Waals surface area contributed by atoms with Gasteiger partial charge in [0.05, 0.1) is 12.2 Å². The molecule has 0 bridgehead atoms. The Bertz CT molecular complexity index is 383. The van der Waals surface area contributed by atoms with E-state index in [2.05, 4.69) is 13.8 Å². The molecule has 0 aliphatic rings. The average molecular weight is 252 g/mol. The Morgan fingerprint density at radius 3 is 2.44 bits per heavy atom. The minimum Gasteiger partial charge on any atom is -0.508 e. The fourth-order valence-corrected chi connectivity index (χ4v) is 2.12. The Balaban J connectivity index is 2.77. The summed E-state index contributed by atoms with van der Waals surface area (Å²) in [6.45, 7) is 5.93. The van der Waals surface area contributed by atoms with Gasteiger partial charge in [-0.2, -0.15) is 0 Å². The van der Waals surface area contributed by atoms with Crippen molar-refractivity contribution in [3.8, 4) is 5.75 Å². The standard InChI is InChI=1S/C15H24O3/c1-11(2)5-4-8-15(3,18)13-7-6-12(10-16)9-14(13)17/h6-7,9,11,16-18H,4-5,8,10H2,1-3H3/t15-/m0/s1. The predicted molar refractivity (Wildman–Crippen MR) is 72.3 cm³/mol. The smallest absolute Gasteiger partial charge is 0.122 e. The first kappa shape index (κ1) is 15.0. The lowest BCUT2D eigenvalue weighted by atomic mass is 9.88. The average Bonchev–Trinajstić information content (AvgIpc) is 2.27. The van der Waals surface area contributed by atoms with Gasteiger partial charge in [0.2, 0.25) is 0 Å². The van der Waals surface area contributed by atoms with E-state index >= 15 is 0 Å². The first-order valence-corrected chi connectivity index (χ1v) is 6.52. The molecule has 0 aromatic heterocycles. The van der Waals surface area contributed by atoms with Crippen molar-refractivity contribution in [2.75, 3.05) is 0 Å². The van der Waals surface area contributed by atoms with Crippen LogP contribution in [0.25, 0.3) is 0 Å². The van der Waals surface area contributed by atoms with Crippen LogP contribution in [-0.4, -0.2) is 15.3 Å². The number of phenolic OH excluding ortho intramolecular Hbond substituents is 1. The summed E-state index contributed by atoms with van der Waals surface area (Å²) in [4.78, 5) is 0. The number of benzene rings is 1. The van der Waals surface area contributed by atoms with Crippen LogP contribution in [0.15, 0.2) is 18.2 Å². The van der Waals surface area contributed by atoms with Crippen molar-refractivity contribution in [1.29, 1.82) is 0 Å². The number of aliphatic hydroxyl groups is 2. The molecule has 102 valence electrons. The minimum absolute atomic E-state index is 0.0519. The third-order valence-corrected chi connectivity index (χ3v) is 3.27. The van der Waals surface area contributed by atoms with Crippen LogP contribution >= 0.6 is 0 Å². The quantitative estimate of drug-likeness (QED) is 0.729.